The number of anilines is 2. The van der Waals surface area contributed by atoms with Crippen LogP contribution in [0.4, 0.5) is 34.1 Å². The van der Waals surface area contributed by atoms with Crippen molar-refractivity contribution in [1.29, 1.82) is 0 Å². The number of hydrogen-bond donors (Lipinski definition) is 5. The van der Waals surface area contributed by atoms with Gasteiger partial charge in [-0.2, -0.15) is 52.3 Å². The predicted octanol–water partition coefficient (Wildman–Crippen LogP) is 2.11. The highest BCUT2D eigenvalue weighted by Gasteiger charge is 2.23. The summed E-state index contributed by atoms with van der Waals surface area (Å²) in [6.45, 7) is -1.70. The molecule has 0 fully saturated rings. The lowest BCUT2D eigenvalue weighted by Crippen LogP contribution is -2.15. The topological polar surface area (TPSA) is 351 Å². The predicted molar refractivity (Wildman–Crippen MR) is 165 cm³/mol. The average Bonchev–Trinajstić information content (AvgIpc) is 2.95. The van der Waals surface area contributed by atoms with Gasteiger partial charge in [0, 0.05) is 0 Å². The molecule has 3 aromatic carbocycles. The van der Waals surface area contributed by atoms with Gasteiger partial charge in [-0.1, -0.05) is 0 Å². The third-order valence-electron chi connectivity index (χ3n) is 5.55. The second-order valence-corrected chi connectivity index (χ2v) is 16.8. The van der Waals surface area contributed by atoms with Crippen LogP contribution in [0.15, 0.2) is 89.7 Å². The Morgan fingerprint density at radius 2 is 0.958 bits per heavy atom. The molecule has 0 saturated carbocycles. The fourth-order valence-corrected chi connectivity index (χ4v) is 6.53. The van der Waals surface area contributed by atoms with Crippen molar-refractivity contribution < 1.29 is 64.1 Å². The van der Waals surface area contributed by atoms with E-state index in [9.17, 15) is 46.6 Å². The summed E-state index contributed by atoms with van der Waals surface area (Å²) in [7, 11) is -22.8. The quantitative estimate of drug-likeness (QED) is 0.0639. The monoisotopic (exact) mass is 772 g/mol. The van der Waals surface area contributed by atoms with E-state index in [1.165, 1.54) is 0 Å². The molecule has 0 atom stereocenters. The summed E-state index contributed by atoms with van der Waals surface area (Å²) in [5.74, 6) is -1.94. The highest BCUT2D eigenvalue weighted by molar-refractivity contribution is 7.87. The van der Waals surface area contributed by atoms with Gasteiger partial charge in [-0.15, -0.1) is 10.2 Å². The van der Waals surface area contributed by atoms with E-state index in [2.05, 4.69) is 28.8 Å². The Balaban J connectivity index is 1.88. The van der Waals surface area contributed by atoms with Crippen LogP contribution in [0.1, 0.15) is 0 Å². The first-order valence-electron chi connectivity index (χ1n) is 12.4. The van der Waals surface area contributed by atoms with Crippen LogP contribution in [0.5, 0.6) is 0 Å². The molecule has 3 rings (SSSR count). The molecule has 0 aliphatic carbocycles. The number of hydrogen-bond acceptors (Lipinski definition) is 18. The van der Waals surface area contributed by atoms with E-state index in [1.54, 1.807) is 0 Å². The van der Waals surface area contributed by atoms with Crippen LogP contribution < -0.4 is 11.5 Å². The van der Waals surface area contributed by atoms with Crippen LogP contribution in [-0.4, -0.2) is 80.5 Å². The van der Waals surface area contributed by atoms with Crippen molar-refractivity contribution in [2.75, 3.05) is 36.2 Å². The van der Waals surface area contributed by atoms with Crippen LogP contribution in [-0.2, 0) is 59.0 Å². The summed E-state index contributed by atoms with van der Waals surface area (Å²) in [6, 6.07) is 9.39. The molecular formula is C22H24N6O15S5. The minimum atomic E-state index is -4.99. The summed E-state index contributed by atoms with van der Waals surface area (Å²) < 4.78 is 152. The molecule has 0 spiro atoms. The normalized spacial score (nSPS) is 13.4. The van der Waals surface area contributed by atoms with E-state index in [0.717, 1.165) is 54.6 Å². The summed E-state index contributed by atoms with van der Waals surface area (Å²) >= 11 is 0. The van der Waals surface area contributed by atoms with Crippen LogP contribution in [0.2, 0.25) is 0 Å². The third kappa shape index (κ3) is 11.0. The van der Waals surface area contributed by atoms with Gasteiger partial charge in [0.15, 0.2) is 0 Å². The second-order valence-electron chi connectivity index (χ2n) is 9.06. The molecule has 0 aromatic heterocycles. The summed E-state index contributed by atoms with van der Waals surface area (Å²) in [5, 5.41) is 15.3. The van der Waals surface area contributed by atoms with Crippen molar-refractivity contribution in [3.8, 4) is 0 Å². The van der Waals surface area contributed by atoms with Crippen molar-refractivity contribution >= 4 is 84.7 Å². The lowest BCUT2D eigenvalue weighted by atomic mass is 10.2. The van der Waals surface area contributed by atoms with Gasteiger partial charge in [-0.3, -0.25) is 22.0 Å². The molecule has 0 radical (unpaired) electrons. The van der Waals surface area contributed by atoms with Crippen molar-refractivity contribution in [1.82, 2.24) is 0 Å². The molecule has 0 amide bonds. The van der Waals surface area contributed by atoms with Crippen molar-refractivity contribution in [3.05, 3.63) is 54.6 Å². The first-order chi connectivity index (χ1) is 22.0. The van der Waals surface area contributed by atoms with Crippen molar-refractivity contribution in [2.45, 2.75) is 14.7 Å². The van der Waals surface area contributed by atoms with Crippen LogP contribution >= 0.6 is 0 Å². The van der Waals surface area contributed by atoms with Crippen LogP contribution in [0, 0.1) is 0 Å². The zero-order valence-corrected chi connectivity index (χ0v) is 27.8. The molecule has 0 unspecified atom stereocenters. The molecule has 21 nitrogen and oxygen atoms in total. The standard InChI is InChI=1S/C22H24N6O15S5/c23-20-18(27-25-14-1-5-16(6-2-14)47(38,39)42-9-11-44(29,30)31)13-19(46(35,36)37)21(24)22(20)28-26-15-3-7-17(8-4-15)48(40,41)43-10-12-45(32,33)34/h1-8,13H,9-12,23-24H2,(H,29,30,31)(H,32,33,34)(H,35,36,37). The van der Waals surface area contributed by atoms with Gasteiger partial charge in [-0.25, -0.2) is 0 Å². The van der Waals surface area contributed by atoms with E-state index < -0.39 is 101 Å². The molecule has 0 aliphatic rings. The van der Waals surface area contributed by atoms with Crippen LogP contribution in [0.3, 0.4) is 0 Å². The van der Waals surface area contributed by atoms with Gasteiger partial charge >= 0.3 is 0 Å². The molecule has 26 heteroatoms. The number of nitrogen functional groups attached to an aromatic ring is 2. The Bertz CT molecular complexity index is 2290. The van der Waals surface area contributed by atoms with E-state index in [1.807, 2.05) is 0 Å². The third-order valence-corrected chi connectivity index (χ3v) is 10.5. The minimum Gasteiger partial charge on any atom is -0.396 e. The molecule has 48 heavy (non-hydrogen) atoms. The van der Waals surface area contributed by atoms with E-state index in [0.29, 0.717) is 0 Å². The SMILES string of the molecule is Nc1c(N=Nc2ccc(S(=O)(=O)OCCS(=O)(=O)O)cc2)cc(S(=O)(=O)O)c(N)c1N=Nc1ccc(S(=O)(=O)OCCS(=O)(=O)O)cc1. The lowest BCUT2D eigenvalue weighted by Gasteiger charge is -2.10. The molecule has 0 aliphatic heterocycles. The molecule has 7 N–H and O–H groups in total. The van der Waals surface area contributed by atoms with Crippen LogP contribution in [0.25, 0.3) is 0 Å². The fourth-order valence-electron chi connectivity index (χ4n) is 3.28. The zero-order chi connectivity index (χ0) is 36.1. The average molecular weight is 773 g/mol. The largest absolute Gasteiger partial charge is 0.396 e. The summed E-state index contributed by atoms with van der Waals surface area (Å²) in [5.41, 5.74) is 9.99. The molecule has 0 heterocycles. The molecule has 262 valence electrons. The fraction of sp³-hybridized carbons (Fsp3) is 0.182. The Kier molecular flexibility index (Phi) is 11.7. The number of rotatable bonds is 15. The van der Waals surface area contributed by atoms with Gasteiger partial charge in [0.1, 0.15) is 27.8 Å². The number of benzene rings is 3. The Morgan fingerprint density at radius 3 is 1.33 bits per heavy atom. The first-order valence-corrected chi connectivity index (χ1v) is 19.9. The van der Waals surface area contributed by atoms with Crippen molar-refractivity contribution in [2.24, 2.45) is 20.5 Å². The number of nitrogens with zero attached hydrogens (tertiary/aromatic N) is 4. The lowest BCUT2D eigenvalue weighted by molar-refractivity contribution is 0.333. The minimum absolute atomic E-state index is 0.00306. The Morgan fingerprint density at radius 1 is 0.562 bits per heavy atom. The number of nitrogens with two attached hydrogens (primary N) is 2. The maximum Gasteiger partial charge on any atom is 0.297 e. The molecule has 0 bridgehead atoms. The van der Waals surface area contributed by atoms with Crippen molar-refractivity contribution in [3.63, 3.8) is 0 Å². The maximum absolute atomic E-state index is 12.2. The van der Waals surface area contributed by atoms with E-state index in [-0.39, 0.29) is 22.7 Å². The number of azo groups is 2. The highest BCUT2D eigenvalue weighted by atomic mass is 32.2. The first kappa shape index (κ1) is 38.5. The van der Waals surface area contributed by atoms with Gasteiger partial charge in [0.25, 0.3) is 50.6 Å². The van der Waals surface area contributed by atoms with E-state index in [4.69, 9.17) is 20.6 Å². The van der Waals surface area contributed by atoms with Gasteiger partial charge in [0.2, 0.25) is 0 Å². The Labute approximate surface area is 273 Å². The zero-order valence-electron chi connectivity index (χ0n) is 23.7. The van der Waals surface area contributed by atoms with Gasteiger partial charge < -0.3 is 11.5 Å². The highest BCUT2D eigenvalue weighted by Crippen LogP contribution is 2.43. The van der Waals surface area contributed by atoms with Gasteiger partial charge in [0.05, 0.1) is 45.8 Å². The summed E-state index contributed by atoms with van der Waals surface area (Å²) in [4.78, 5) is -1.70. The molecular weight excluding hydrogens is 749 g/mol. The van der Waals surface area contributed by atoms with Gasteiger partial charge in [-0.05, 0) is 54.6 Å². The Hall–Kier alpha value is -3.99. The second kappa shape index (κ2) is 14.6. The molecule has 0 saturated heterocycles. The van der Waals surface area contributed by atoms with E-state index >= 15 is 0 Å². The summed E-state index contributed by atoms with van der Waals surface area (Å²) in [6.07, 6.45) is 0. The molecule has 3 aromatic rings. The smallest absolute Gasteiger partial charge is 0.297 e. The maximum atomic E-state index is 12.2.